The number of nitrogens with zero attached hydrogens (tertiary/aromatic N) is 2. The Morgan fingerprint density at radius 2 is 2.26 bits per heavy atom. The largest absolute Gasteiger partial charge is 0.487 e. The molecule has 2 atom stereocenters. The lowest BCUT2D eigenvalue weighted by Crippen LogP contribution is -2.60. The van der Waals surface area contributed by atoms with Gasteiger partial charge in [-0.25, -0.2) is 4.98 Å². The van der Waals surface area contributed by atoms with Crippen molar-refractivity contribution in [1.29, 1.82) is 0 Å². The van der Waals surface area contributed by atoms with Crippen molar-refractivity contribution in [2.75, 3.05) is 24.6 Å². The zero-order valence-electron chi connectivity index (χ0n) is 10.4. The van der Waals surface area contributed by atoms with Crippen LogP contribution in [0.1, 0.15) is 12.5 Å². The first kappa shape index (κ1) is 12.5. The van der Waals surface area contributed by atoms with Gasteiger partial charge in [0.1, 0.15) is 6.61 Å². The molecule has 19 heavy (non-hydrogen) atoms. The minimum Gasteiger partial charge on any atom is -0.487 e. The van der Waals surface area contributed by atoms with Crippen LogP contribution in [0.2, 0.25) is 0 Å². The summed E-state index contributed by atoms with van der Waals surface area (Å²) in [5.41, 5.74) is -0.770. The van der Waals surface area contributed by atoms with E-state index in [9.17, 15) is 13.2 Å². The number of hydrogen-bond donors (Lipinski definition) is 1. The SMILES string of the molecule is CC1NCCN2c3ncc(C(F)(F)F)cc3OC[C@@H]12. The molecule has 1 aromatic heterocycles. The molecule has 3 rings (SSSR count). The average molecular weight is 273 g/mol. The molecular formula is C12H14F3N3O. The molecule has 0 bridgehead atoms. The van der Waals surface area contributed by atoms with E-state index in [1.807, 2.05) is 11.8 Å². The molecule has 0 radical (unpaired) electrons. The molecule has 1 saturated heterocycles. The van der Waals surface area contributed by atoms with Gasteiger partial charge in [-0.15, -0.1) is 0 Å². The van der Waals surface area contributed by atoms with Crippen LogP contribution in [-0.2, 0) is 6.18 Å². The normalized spacial score (nSPS) is 26.4. The Kier molecular flexibility index (Phi) is 2.81. The van der Waals surface area contributed by atoms with Gasteiger partial charge < -0.3 is 15.0 Å². The maximum absolute atomic E-state index is 12.6. The van der Waals surface area contributed by atoms with Crippen molar-refractivity contribution >= 4 is 5.82 Å². The molecule has 0 aliphatic carbocycles. The predicted octanol–water partition coefficient (Wildman–Crippen LogP) is 1.66. The molecule has 3 heterocycles. The van der Waals surface area contributed by atoms with Crippen LogP contribution < -0.4 is 15.0 Å². The van der Waals surface area contributed by atoms with E-state index in [0.717, 1.165) is 25.4 Å². The first-order chi connectivity index (χ1) is 8.97. The van der Waals surface area contributed by atoms with E-state index in [1.54, 1.807) is 0 Å². The second kappa shape index (κ2) is 4.26. The summed E-state index contributed by atoms with van der Waals surface area (Å²) < 4.78 is 43.4. The molecule has 7 heteroatoms. The van der Waals surface area contributed by atoms with Gasteiger partial charge in [-0.2, -0.15) is 13.2 Å². The molecule has 1 fully saturated rings. The van der Waals surface area contributed by atoms with Gasteiger partial charge in [-0.05, 0) is 13.0 Å². The van der Waals surface area contributed by atoms with Gasteiger partial charge in [0.15, 0.2) is 11.6 Å². The highest BCUT2D eigenvalue weighted by Crippen LogP contribution is 2.38. The lowest BCUT2D eigenvalue weighted by Gasteiger charge is -2.44. The maximum Gasteiger partial charge on any atom is 0.418 e. The number of rotatable bonds is 0. The Bertz CT molecular complexity index is 492. The number of alkyl halides is 3. The zero-order valence-corrected chi connectivity index (χ0v) is 10.4. The number of ether oxygens (including phenoxy) is 1. The number of nitrogens with one attached hydrogen (secondary N) is 1. The second-order valence-electron chi connectivity index (χ2n) is 4.86. The van der Waals surface area contributed by atoms with Gasteiger partial charge in [-0.3, -0.25) is 0 Å². The van der Waals surface area contributed by atoms with Crippen LogP contribution in [0.3, 0.4) is 0 Å². The fourth-order valence-corrected chi connectivity index (χ4v) is 2.57. The zero-order chi connectivity index (χ0) is 13.6. The van der Waals surface area contributed by atoms with E-state index in [2.05, 4.69) is 10.3 Å². The van der Waals surface area contributed by atoms with Crippen LogP contribution in [0.15, 0.2) is 12.3 Å². The number of pyridine rings is 1. The molecule has 4 nitrogen and oxygen atoms in total. The van der Waals surface area contributed by atoms with Crippen LogP contribution in [0.5, 0.6) is 5.75 Å². The van der Waals surface area contributed by atoms with Crippen molar-refractivity contribution in [3.05, 3.63) is 17.8 Å². The van der Waals surface area contributed by atoms with Crippen molar-refractivity contribution < 1.29 is 17.9 Å². The number of aromatic nitrogens is 1. The fourth-order valence-electron chi connectivity index (χ4n) is 2.57. The summed E-state index contributed by atoms with van der Waals surface area (Å²) in [4.78, 5) is 5.99. The van der Waals surface area contributed by atoms with Crippen molar-refractivity contribution in [2.24, 2.45) is 0 Å². The summed E-state index contributed by atoms with van der Waals surface area (Å²) in [5, 5.41) is 3.32. The van der Waals surface area contributed by atoms with Crippen LogP contribution in [0.4, 0.5) is 19.0 Å². The third-order valence-corrected chi connectivity index (χ3v) is 3.64. The Balaban J connectivity index is 1.96. The Morgan fingerprint density at radius 1 is 1.47 bits per heavy atom. The standard InChI is InChI=1S/C12H14F3N3O/c1-7-9-6-19-10-4-8(12(13,14)15)5-17-11(10)18(9)3-2-16-7/h4-5,7,9,16H,2-3,6H2,1H3/t7?,9-/m0/s1. The van der Waals surface area contributed by atoms with Crippen molar-refractivity contribution in [3.63, 3.8) is 0 Å². The molecule has 2 aliphatic heterocycles. The number of piperazine rings is 1. The van der Waals surface area contributed by atoms with Crippen LogP contribution in [0, 0.1) is 0 Å². The third-order valence-electron chi connectivity index (χ3n) is 3.64. The molecule has 104 valence electrons. The van der Waals surface area contributed by atoms with Gasteiger partial charge in [0, 0.05) is 25.3 Å². The topological polar surface area (TPSA) is 37.4 Å². The second-order valence-corrected chi connectivity index (χ2v) is 4.86. The van der Waals surface area contributed by atoms with Gasteiger partial charge >= 0.3 is 6.18 Å². The Hall–Kier alpha value is -1.50. The van der Waals surface area contributed by atoms with Crippen molar-refractivity contribution in [1.82, 2.24) is 10.3 Å². The quantitative estimate of drug-likeness (QED) is 0.780. The van der Waals surface area contributed by atoms with E-state index >= 15 is 0 Å². The molecular weight excluding hydrogens is 259 g/mol. The highest BCUT2D eigenvalue weighted by Gasteiger charge is 2.37. The highest BCUT2D eigenvalue weighted by atomic mass is 19.4. The Labute approximate surface area is 108 Å². The lowest BCUT2D eigenvalue weighted by atomic mass is 10.0. The average Bonchev–Trinajstić information content (AvgIpc) is 2.37. The maximum atomic E-state index is 12.6. The van der Waals surface area contributed by atoms with Crippen molar-refractivity contribution in [3.8, 4) is 5.75 Å². The summed E-state index contributed by atoms with van der Waals surface area (Å²) in [6.45, 7) is 3.93. The molecule has 0 amide bonds. The van der Waals surface area contributed by atoms with Gasteiger partial charge in [0.25, 0.3) is 0 Å². The highest BCUT2D eigenvalue weighted by molar-refractivity contribution is 5.57. The predicted molar refractivity (Wildman–Crippen MR) is 63.3 cm³/mol. The van der Waals surface area contributed by atoms with Crippen LogP contribution in [-0.4, -0.2) is 36.8 Å². The van der Waals surface area contributed by atoms with Crippen LogP contribution in [0.25, 0.3) is 0 Å². The minimum atomic E-state index is -4.39. The summed E-state index contributed by atoms with van der Waals surface area (Å²) in [5.74, 6) is 0.734. The molecule has 1 unspecified atom stereocenters. The fraction of sp³-hybridized carbons (Fsp3) is 0.583. The number of fused-ring (bicyclic) bond motifs is 3. The van der Waals surface area contributed by atoms with Gasteiger partial charge in [0.05, 0.1) is 11.6 Å². The van der Waals surface area contributed by atoms with Gasteiger partial charge in [0.2, 0.25) is 0 Å². The Morgan fingerprint density at radius 3 is 3.00 bits per heavy atom. The van der Waals surface area contributed by atoms with Gasteiger partial charge in [-0.1, -0.05) is 0 Å². The first-order valence-corrected chi connectivity index (χ1v) is 6.17. The number of anilines is 1. The minimum absolute atomic E-state index is 0.116. The molecule has 0 saturated carbocycles. The van der Waals surface area contributed by atoms with Crippen molar-refractivity contribution in [2.45, 2.75) is 25.2 Å². The summed E-state index contributed by atoms with van der Waals surface area (Å²) in [6.07, 6.45) is -3.52. The van der Waals surface area contributed by atoms with E-state index in [1.165, 1.54) is 0 Å². The van der Waals surface area contributed by atoms with E-state index in [4.69, 9.17) is 4.74 Å². The third kappa shape index (κ3) is 2.11. The molecule has 1 N–H and O–H groups in total. The first-order valence-electron chi connectivity index (χ1n) is 6.17. The van der Waals surface area contributed by atoms with Crippen LogP contribution >= 0.6 is 0 Å². The molecule has 1 aromatic rings. The smallest absolute Gasteiger partial charge is 0.418 e. The summed E-state index contributed by atoms with van der Waals surface area (Å²) in [6, 6.07) is 1.38. The number of halogens is 3. The lowest BCUT2D eigenvalue weighted by molar-refractivity contribution is -0.138. The van der Waals surface area contributed by atoms with E-state index in [0.29, 0.717) is 12.4 Å². The summed E-state index contributed by atoms with van der Waals surface area (Å²) in [7, 11) is 0. The van der Waals surface area contributed by atoms with E-state index in [-0.39, 0.29) is 17.8 Å². The molecule has 0 spiro atoms. The number of hydrogen-bond acceptors (Lipinski definition) is 4. The summed E-state index contributed by atoms with van der Waals surface area (Å²) >= 11 is 0. The molecule has 2 aliphatic rings. The van der Waals surface area contributed by atoms with E-state index < -0.39 is 11.7 Å². The molecule has 0 aromatic carbocycles. The monoisotopic (exact) mass is 273 g/mol.